The first kappa shape index (κ1) is 17.8. The molecule has 2 aromatic rings. The van der Waals surface area contributed by atoms with E-state index in [0.29, 0.717) is 17.1 Å². The van der Waals surface area contributed by atoms with Gasteiger partial charge in [0.25, 0.3) is 5.91 Å². The van der Waals surface area contributed by atoms with Crippen LogP contribution in [0.1, 0.15) is 40.0 Å². The Balaban J connectivity index is 1.55. The molecule has 0 aromatic heterocycles. The standard InChI is InChI=1S/C20H21NO5/c1-12-5-4-6-16(13(12)2)20(23)24-10-19(22)21-14(3)15-7-8-17-18(9-15)26-11-25-17/h4-9,14H,10-11H2,1-3H3,(H,21,22)/t14-/m1/s1. The van der Waals surface area contributed by atoms with Crippen molar-refractivity contribution in [2.45, 2.75) is 26.8 Å². The molecule has 6 nitrogen and oxygen atoms in total. The van der Waals surface area contributed by atoms with Crippen molar-refractivity contribution in [3.63, 3.8) is 0 Å². The first-order chi connectivity index (χ1) is 12.5. The first-order valence-corrected chi connectivity index (χ1v) is 8.38. The summed E-state index contributed by atoms with van der Waals surface area (Å²) in [5.74, 6) is 0.477. The molecule has 0 spiro atoms. The van der Waals surface area contributed by atoms with Crippen molar-refractivity contribution in [2.24, 2.45) is 0 Å². The molecule has 1 N–H and O–H groups in total. The molecule has 0 radical (unpaired) electrons. The average Bonchev–Trinajstić information content (AvgIpc) is 3.09. The van der Waals surface area contributed by atoms with E-state index in [1.54, 1.807) is 18.2 Å². The van der Waals surface area contributed by atoms with Gasteiger partial charge in [-0.1, -0.05) is 18.2 Å². The molecule has 0 saturated heterocycles. The summed E-state index contributed by atoms with van der Waals surface area (Å²) in [6.45, 7) is 5.50. The minimum Gasteiger partial charge on any atom is -0.454 e. The lowest BCUT2D eigenvalue weighted by Crippen LogP contribution is -2.31. The van der Waals surface area contributed by atoms with E-state index >= 15 is 0 Å². The first-order valence-electron chi connectivity index (χ1n) is 8.38. The van der Waals surface area contributed by atoms with E-state index in [1.165, 1.54) is 0 Å². The van der Waals surface area contributed by atoms with Gasteiger partial charge in [0.15, 0.2) is 18.1 Å². The Morgan fingerprint density at radius 1 is 1.15 bits per heavy atom. The fourth-order valence-electron chi connectivity index (χ4n) is 2.73. The number of hydrogen-bond acceptors (Lipinski definition) is 5. The lowest BCUT2D eigenvalue weighted by molar-refractivity contribution is -0.124. The van der Waals surface area contributed by atoms with E-state index in [0.717, 1.165) is 16.7 Å². The summed E-state index contributed by atoms with van der Waals surface area (Å²) in [5, 5.41) is 2.81. The zero-order valence-corrected chi connectivity index (χ0v) is 15.0. The molecule has 3 rings (SSSR count). The van der Waals surface area contributed by atoms with Crippen LogP contribution in [-0.2, 0) is 9.53 Å². The molecule has 0 bridgehead atoms. The van der Waals surface area contributed by atoms with Crippen molar-refractivity contribution in [2.75, 3.05) is 13.4 Å². The van der Waals surface area contributed by atoms with Crippen LogP contribution in [0.25, 0.3) is 0 Å². The highest BCUT2D eigenvalue weighted by Gasteiger charge is 2.18. The Bertz CT molecular complexity index is 846. The second-order valence-corrected chi connectivity index (χ2v) is 6.23. The van der Waals surface area contributed by atoms with Gasteiger partial charge in [-0.15, -0.1) is 0 Å². The number of amides is 1. The SMILES string of the molecule is Cc1cccc(C(=O)OCC(=O)N[C@H](C)c2ccc3c(c2)OCO3)c1C. The zero-order valence-electron chi connectivity index (χ0n) is 15.0. The fraction of sp³-hybridized carbons (Fsp3) is 0.300. The third kappa shape index (κ3) is 3.79. The van der Waals surface area contributed by atoms with Gasteiger partial charge in [-0.2, -0.15) is 0 Å². The van der Waals surface area contributed by atoms with Gasteiger partial charge in [-0.3, -0.25) is 4.79 Å². The molecule has 1 aliphatic heterocycles. The number of aryl methyl sites for hydroxylation is 1. The average molecular weight is 355 g/mol. The van der Waals surface area contributed by atoms with Crippen LogP contribution in [0, 0.1) is 13.8 Å². The minimum absolute atomic E-state index is 0.202. The van der Waals surface area contributed by atoms with Gasteiger partial charge >= 0.3 is 5.97 Å². The van der Waals surface area contributed by atoms with E-state index in [4.69, 9.17) is 14.2 Å². The molecule has 0 fully saturated rings. The number of esters is 1. The molecular formula is C20H21NO5. The van der Waals surface area contributed by atoms with Crippen LogP contribution >= 0.6 is 0 Å². The van der Waals surface area contributed by atoms with Crippen LogP contribution < -0.4 is 14.8 Å². The number of fused-ring (bicyclic) bond motifs is 1. The van der Waals surface area contributed by atoms with E-state index in [-0.39, 0.29) is 25.3 Å². The fourth-order valence-corrected chi connectivity index (χ4v) is 2.73. The minimum atomic E-state index is -0.503. The van der Waals surface area contributed by atoms with Crippen LogP contribution in [0.2, 0.25) is 0 Å². The van der Waals surface area contributed by atoms with E-state index in [1.807, 2.05) is 39.0 Å². The zero-order chi connectivity index (χ0) is 18.7. The number of nitrogens with one attached hydrogen (secondary N) is 1. The summed E-state index contributed by atoms with van der Waals surface area (Å²) in [6.07, 6.45) is 0. The Hall–Kier alpha value is -3.02. The van der Waals surface area contributed by atoms with Crippen molar-refractivity contribution in [3.8, 4) is 11.5 Å². The van der Waals surface area contributed by atoms with Crippen molar-refractivity contribution in [1.29, 1.82) is 0 Å². The summed E-state index contributed by atoms with van der Waals surface area (Å²) in [6, 6.07) is 10.7. The van der Waals surface area contributed by atoms with Gasteiger partial charge in [0.2, 0.25) is 6.79 Å². The Kier molecular flexibility index (Phi) is 5.11. The molecule has 1 aliphatic rings. The summed E-state index contributed by atoms with van der Waals surface area (Å²) in [5.41, 5.74) is 3.21. The van der Waals surface area contributed by atoms with Crippen LogP contribution in [0.4, 0.5) is 0 Å². The number of rotatable bonds is 5. The summed E-state index contributed by atoms with van der Waals surface area (Å²) in [7, 11) is 0. The molecule has 0 unspecified atom stereocenters. The van der Waals surface area contributed by atoms with Gasteiger partial charge in [-0.05, 0) is 55.7 Å². The smallest absolute Gasteiger partial charge is 0.338 e. The van der Waals surface area contributed by atoms with Gasteiger partial charge in [-0.25, -0.2) is 4.79 Å². The van der Waals surface area contributed by atoms with Crippen molar-refractivity contribution in [3.05, 3.63) is 58.7 Å². The quantitative estimate of drug-likeness (QED) is 0.835. The van der Waals surface area contributed by atoms with E-state index in [2.05, 4.69) is 5.32 Å². The number of carbonyl (C=O) groups is 2. The molecule has 1 atom stereocenters. The molecule has 6 heteroatoms. The molecule has 136 valence electrons. The van der Waals surface area contributed by atoms with Crippen molar-refractivity contribution >= 4 is 11.9 Å². The van der Waals surface area contributed by atoms with Gasteiger partial charge in [0, 0.05) is 0 Å². The van der Waals surface area contributed by atoms with Gasteiger partial charge < -0.3 is 19.5 Å². The molecule has 26 heavy (non-hydrogen) atoms. The van der Waals surface area contributed by atoms with Crippen LogP contribution in [0.5, 0.6) is 11.5 Å². The molecule has 1 amide bonds. The van der Waals surface area contributed by atoms with Crippen molar-refractivity contribution < 1.29 is 23.8 Å². The van der Waals surface area contributed by atoms with Crippen LogP contribution in [0.3, 0.4) is 0 Å². The highest BCUT2D eigenvalue weighted by atomic mass is 16.7. The highest BCUT2D eigenvalue weighted by Crippen LogP contribution is 2.34. The highest BCUT2D eigenvalue weighted by molar-refractivity contribution is 5.93. The third-order valence-corrected chi connectivity index (χ3v) is 4.43. The Morgan fingerprint density at radius 3 is 2.73 bits per heavy atom. The maximum atomic E-state index is 12.2. The van der Waals surface area contributed by atoms with E-state index in [9.17, 15) is 9.59 Å². The molecular weight excluding hydrogens is 334 g/mol. The topological polar surface area (TPSA) is 73.9 Å². The number of hydrogen-bond donors (Lipinski definition) is 1. The largest absolute Gasteiger partial charge is 0.454 e. The monoisotopic (exact) mass is 355 g/mol. The second-order valence-electron chi connectivity index (χ2n) is 6.23. The Morgan fingerprint density at radius 2 is 1.92 bits per heavy atom. The van der Waals surface area contributed by atoms with Crippen LogP contribution in [-0.4, -0.2) is 25.3 Å². The number of carbonyl (C=O) groups excluding carboxylic acids is 2. The maximum absolute atomic E-state index is 12.2. The molecule has 0 saturated carbocycles. The lowest BCUT2D eigenvalue weighted by atomic mass is 10.0. The molecule has 2 aromatic carbocycles. The number of ether oxygens (including phenoxy) is 3. The number of benzene rings is 2. The summed E-state index contributed by atoms with van der Waals surface area (Å²) < 4.78 is 15.8. The third-order valence-electron chi connectivity index (χ3n) is 4.43. The molecule has 0 aliphatic carbocycles. The normalized spacial score (nSPS) is 13.2. The van der Waals surface area contributed by atoms with Gasteiger partial charge in [0.05, 0.1) is 11.6 Å². The predicted octanol–water partition coefficient (Wildman–Crippen LogP) is 3.07. The van der Waals surface area contributed by atoms with Crippen LogP contribution in [0.15, 0.2) is 36.4 Å². The molecule has 1 heterocycles. The Labute approximate surface area is 152 Å². The van der Waals surface area contributed by atoms with Gasteiger partial charge in [0.1, 0.15) is 0 Å². The summed E-state index contributed by atoms with van der Waals surface area (Å²) in [4.78, 5) is 24.3. The van der Waals surface area contributed by atoms with Crippen molar-refractivity contribution in [1.82, 2.24) is 5.32 Å². The predicted molar refractivity (Wildman–Crippen MR) is 95.3 cm³/mol. The van der Waals surface area contributed by atoms with E-state index < -0.39 is 5.97 Å². The summed E-state index contributed by atoms with van der Waals surface area (Å²) >= 11 is 0. The second kappa shape index (κ2) is 7.47. The lowest BCUT2D eigenvalue weighted by Gasteiger charge is -2.15. The maximum Gasteiger partial charge on any atom is 0.338 e.